The van der Waals surface area contributed by atoms with Crippen molar-refractivity contribution in [2.24, 2.45) is 0 Å². The monoisotopic (exact) mass is 199 g/mol. The van der Waals surface area contributed by atoms with Crippen LogP contribution in [0.5, 0.6) is 0 Å². The highest BCUT2D eigenvalue weighted by atomic mass is 16.3. The Morgan fingerprint density at radius 2 is 2.13 bits per heavy atom. The molecule has 1 aromatic heterocycles. The normalized spacial score (nSPS) is 16.7. The fourth-order valence-electron chi connectivity index (χ4n) is 1.92. The summed E-state index contributed by atoms with van der Waals surface area (Å²) >= 11 is 0. The smallest absolute Gasteiger partial charge is 0.136 e. The maximum absolute atomic E-state index is 9.27. The summed E-state index contributed by atoms with van der Waals surface area (Å²) < 4.78 is 0. The third kappa shape index (κ3) is 1.36. The Morgan fingerprint density at radius 3 is 2.93 bits per heavy atom. The van der Waals surface area contributed by atoms with Gasteiger partial charge in [-0.15, -0.1) is 0 Å². The molecular formula is C12H11N2O. The van der Waals surface area contributed by atoms with Crippen molar-refractivity contribution >= 4 is 16.6 Å². The molecular weight excluding hydrogens is 188 g/mol. The molecule has 1 N–H and O–H groups in total. The lowest BCUT2D eigenvalue weighted by molar-refractivity contribution is 0.141. The Balaban J connectivity index is 2.10. The van der Waals surface area contributed by atoms with Gasteiger partial charge in [0.15, 0.2) is 0 Å². The van der Waals surface area contributed by atoms with Crippen molar-refractivity contribution in [3.8, 4) is 0 Å². The zero-order chi connectivity index (χ0) is 10.3. The second-order valence-electron chi connectivity index (χ2n) is 3.83. The van der Waals surface area contributed by atoms with Crippen LogP contribution in [0.2, 0.25) is 0 Å². The Morgan fingerprint density at radius 1 is 1.33 bits per heavy atom. The summed E-state index contributed by atoms with van der Waals surface area (Å²) in [6, 6.07) is 11.2. The standard InChI is InChI=1S/C12H11N2O/c15-10-7-14(8-10)12-11-4-2-1-3-9(11)5-6-13-12/h1-4,6,10,15H,7-8H2. The SMILES string of the molecule is OC1CN(c2nc[c]c3ccccc23)C1. The number of aromatic nitrogens is 1. The molecule has 1 fully saturated rings. The summed E-state index contributed by atoms with van der Waals surface area (Å²) in [7, 11) is 0. The maximum Gasteiger partial charge on any atom is 0.136 e. The van der Waals surface area contributed by atoms with Crippen molar-refractivity contribution < 1.29 is 5.11 Å². The van der Waals surface area contributed by atoms with Crippen molar-refractivity contribution in [1.29, 1.82) is 0 Å². The lowest BCUT2D eigenvalue weighted by atomic mass is 10.1. The van der Waals surface area contributed by atoms with Gasteiger partial charge in [0.1, 0.15) is 5.82 Å². The lowest BCUT2D eigenvalue weighted by Gasteiger charge is -2.37. The lowest BCUT2D eigenvalue weighted by Crippen LogP contribution is -2.51. The molecule has 0 atom stereocenters. The van der Waals surface area contributed by atoms with Gasteiger partial charge < -0.3 is 10.0 Å². The van der Waals surface area contributed by atoms with Crippen molar-refractivity contribution in [2.75, 3.05) is 18.0 Å². The summed E-state index contributed by atoms with van der Waals surface area (Å²) in [5.74, 6) is 0.953. The highest BCUT2D eigenvalue weighted by Gasteiger charge is 2.26. The maximum atomic E-state index is 9.27. The van der Waals surface area contributed by atoms with E-state index in [1.54, 1.807) is 6.20 Å². The number of aliphatic hydroxyl groups excluding tert-OH is 1. The minimum atomic E-state index is -0.199. The first-order valence-electron chi connectivity index (χ1n) is 5.03. The third-order valence-corrected chi connectivity index (χ3v) is 2.74. The molecule has 1 aromatic carbocycles. The van der Waals surface area contributed by atoms with Gasteiger partial charge in [-0.3, -0.25) is 0 Å². The molecule has 0 saturated carbocycles. The molecule has 1 aliphatic rings. The van der Waals surface area contributed by atoms with Gasteiger partial charge in [-0.05, 0) is 5.39 Å². The molecule has 2 heterocycles. The van der Waals surface area contributed by atoms with Gasteiger partial charge in [0, 0.05) is 30.7 Å². The number of fused-ring (bicyclic) bond motifs is 1. The molecule has 0 aliphatic carbocycles. The molecule has 1 radical (unpaired) electrons. The highest BCUT2D eigenvalue weighted by Crippen LogP contribution is 2.26. The molecule has 3 rings (SSSR count). The molecule has 75 valence electrons. The first kappa shape index (κ1) is 8.68. The van der Waals surface area contributed by atoms with E-state index in [1.165, 1.54) is 0 Å². The topological polar surface area (TPSA) is 36.4 Å². The van der Waals surface area contributed by atoms with Gasteiger partial charge in [0.05, 0.1) is 6.10 Å². The van der Waals surface area contributed by atoms with E-state index in [-0.39, 0.29) is 6.10 Å². The number of hydrogen-bond acceptors (Lipinski definition) is 3. The predicted molar refractivity (Wildman–Crippen MR) is 58.8 cm³/mol. The largest absolute Gasteiger partial charge is 0.389 e. The van der Waals surface area contributed by atoms with Crippen molar-refractivity contribution in [2.45, 2.75) is 6.10 Å². The fourth-order valence-corrected chi connectivity index (χ4v) is 1.92. The Hall–Kier alpha value is -1.61. The van der Waals surface area contributed by atoms with E-state index in [4.69, 9.17) is 0 Å². The quantitative estimate of drug-likeness (QED) is 0.750. The summed E-state index contributed by atoms with van der Waals surface area (Å²) in [5.41, 5.74) is 0. The van der Waals surface area contributed by atoms with Gasteiger partial charge in [-0.1, -0.05) is 24.3 Å². The number of benzene rings is 1. The van der Waals surface area contributed by atoms with Gasteiger partial charge in [0.25, 0.3) is 0 Å². The molecule has 1 saturated heterocycles. The summed E-state index contributed by atoms with van der Waals surface area (Å²) in [4.78, 5) is 6.41. The van der Waals surface area contributed by atoms with E-state index in [0.717, 1.165) is 16.6 Å². The summed E-state index contributed by atoms with van der Waals surface area (Å²) in [6.07, 6.45) is 1.50. The molecule has 3 heteroatoms. The zero-order valence-corrected chi connectivity index (χ0v) is 8.22. The van der Waals surface area contributed by atoms with Crippen LogP contribution in [0.15, 0.2) is 30.5 Å². The molecule has 15 heavy (non-hydrogen) atoms. The van der Waals surface area contributed by atoms with Crippen LogP contribution in [0.25, 0.3) is 10.8 Å². The highest BCUT2D eigenvalue weighted by molar-refractivity contribution is 5.91. The minimum Gasteiger partial charge on any atom is -0.389 e. The van der Waals surface area contributed by atoms with E-state index in [1.807, 2.05) is 24.3 Å². The number of anilines is 1. The molecule has 0 spiro atoms. The van der Waals surface area contributed by atoms with Gasteiger partial charge in [-0.25, -0.2) is 4.98 Å². The first-order valence-corrected chi connectivity index (χ1v) is 5.03. The summed E-state index contributed by atoms with van der Waals surface area (Å²) in [6.45, 7) is 1.36. The second-order valence-corrected chi connectivity index (χ2v) is 3.83. The molecule has 0 unspecified atom stereocenters. The van der Waals surface area contributed by atoms with Crippen LogP contribution in [0.3, 0.4) is 0 Å². The van der Waals surface area contributed by atoms with Gasteiger partial charge in [0.2, 0.25) is 0 Å². The molecule has 0 bridgehead atoms. The number of hydrogen-bond donors (Lipinski definition) is 1. The van der Waals surface area contributed by atoms with Crippen LogP contribution in [0.4, 0.5) is 5.82 Å². The Kier molecular flexibility index (Phi) is 1.86. The van der Waals surface area contributed by atoms with E-state index in [2.05, 4.69) is 16.0 Å². The van der Waals surface area contributed by atoms with E-state index < -0.39 is 0 Å². The van der Waals surface area contributed by atoms with Gasteiger partial charge >= 0.3 is 0 Å². The Bertz CT molecular complexity index is 486. The van der Waals surface area contributed by atoms with Crippen LogP contribution >= 0.6 is 0 Å². The summed E-state index contributed by atoms with van der Waals surface area (Å²) in [5, 5.41) is 11.5. The number of pyridine rings is 1. The Labute approximate surface area is 88.0 Å². The third-order valence-electron chi connectivity index (χ3n) is 2.74. The van der Waals surface area contributed by atoms with Crippen LogP contribution in [0, 0.1) is 6.07 Å². The van der Waals surface area contributed by atoms with Crippen molar-refractivity contribution in [1.82, 2.24) is 4.98 Å². The van der Waals surface area contributed by atoms with E-state index >= 15 is 0 Å². The van der Waals surface area contributed by atoms with Crippen LogP contribution in [-0.4, -0.2) is 29.3 Å². The molecule has 1 aliphatic heterocycles. The van der Waals surface area contributed by atoms with Crippen molar-refractivity contribution in [3.63, 3.8) is 0 Å². The molecule has 0 amide bonds. The number of aliphatic hydroxyl groups is 1. The second kappa shape index (κ2) is 3.21. The first-order chi connectivity index (χ1) is 7.34. The molecule has 2 aromatic rings. The number of rotatable bonds is 1. The van der Waals surface area contributed by atoms with Crippen LogP contribution in [-0.2, 0) is 0 Å². The number of β-amino-alcohol motifs (C(OH)–C–C–N with tert-alkyl or cyclic N) is 1. The minimum absolute atomic E-state index is 0.199. The van der Waals surface area contributed by atoms with E-state index in [0.29, 0.717) is 13.1 Å². The van der Waals surface area contributed by atoms with Crippen LogP contribution in [0.1, 0.15) is 0 Å². The number of nitrogens with zero attached hydrogens (tertiary/aromatic N) is 2. The molecule has 3 nitrogen and oxygen atoms in total. The van der Waals surface area contributed by atoms with Crippen LogP contribution < -0.4 is 4.90 Å². The average Bonchev–Trinajstić information content (AvgIpc) is 2.24. The van der Waals surface area contributed by atoms with E-state index in [9.17, 15) is 5.11 Å². The zero-order valence-electron chi connectivity index (χ0n) is 8.22. The van der Waals surface area contributed by atoms with Gasteiger partial charge in [-0.2, -0.15) is 0 Å². The fraction of sp³-hybridized carbons (Fsp3) is 0.250. The van der Waals surface area contributed by atoms with Crippen molar-refractivity contribution in [3.05, 3.63) is 36.5 Å². The average molecular weight is 199 g/mol. The predicted octanol–water partition coefficient (Wildman–Crippen LogP) is 1.22.